The number of aryl methyl sites for hydroxylation is 2. The Labute approximate surface area is 128 Å². The van der Waals surface area contributed by atoms with E-state index in [-0.39, 0.29) is 22.5 Å². The van der Waals surface area contributed by atoms with Gasteiger partial charge in [0, 0.05) is 19.7 Å². The molecule has 0 spiro atoms. The summed E-state index contributed by atoms with van der Waals surface area (Å²) in [4.78, 5) is 3.87. The number of nitrogens with zero attached hydrogens (tertiary/aromatic N) is 3. The van der Waals surface area contributed by atoms with Crippen molar-refractivity contribution in [3.05, 3.63) is 35.2 Å². The second-order valence-electron chi connectivity index (χ2n) is 4.59. The number of imidazole rings is 1. The lowest BCUT2D eigenvalue weighted by Crippen LogP contribution is -2.31. The van der Waals surface area contributed by atoms with Gasteiger partial charge in [-0.1, -0.05) is 17.7 Å². The minimum atomic E-state index is -3.89. The highest BCUT2D eigenvalue weighted by molar-refractivity contribution is 7.92. The van der Waals surface area contributed by atoms with Crippen LogP contribution in [0.2, 0.25) is 5.15 Å². The normalized spacial score (nSPS) is 11.6. The Kier molecular flexibility index (Phi) is 4.15. The number of phenols is 1. The van der Waals surface area contributed by atoms with E-state index in [9.17, 15) is 13.5 Å². The lowest BCUT2D eigenvalue weighted by atomic mass is 10.2. The molecule has 0 saturated carbocycles. The third-order valence-electron chi connectivity index (χ3n) is 3.12. The van der Waals surface area contributed by atoms with E-state index in [2.05, 4.69) is 4.98 Å². The molecule has 114 valence electrons. The Morgan fingerprint density at radius 1 is 1.43 bits per heavy atom. The van der Waals surface area contributed by atoms with Crippen molar-refractivity contribution in [2.24, 2.45) is 7.05 Å². The highest BCUT2D eigenvalue weighted by Crippen LogP contribution is 2.31. The predicted molar refractivity (Wildman–Crippen MR) is 81.3 cm³/mol. The molecule has 1 heterocycles. The fourth-order valence-electron chi connectivity index (χ4n) is 2.01. The van der Waals surface area contributed by atoms with Crippen LogP contribution in [-0.2, 0) is 17.1 Å². The van der Waals surface area contributed by atoms with Gasteiger partial charge in [-0.15, -0.1) is 0 Å². The topological polar surface area (TPSA) is 75.4 Å². The Morgan fingerprint density at radius 3 is 2.62 bits per heavy atom. The van der Waals surface area contributed by atoms with Crippen molar-refractivity contribution >= 4 is 27.3 Å². The van der Waals surface area contributed by atoms with Crippen LogP contribution < -0.4 is 4.31 Å². The first-order chi connectivity index (χ1) is 9.78. The maximum Gasteiger partial charge on any atom is 0.284 e. The molecule has 0 unspecified atom stereocenters. The molecule has 0 aliphatic heterocycles. The zero-order valence-electron chi connectivity index (χ0n) is 11.9. The molecular formula is C13H16ClN3O3S. The van der Waals surface area contributed by atoms with Crippen molar-refractivity contribution in [3.8, 4) is 5.75 Å². The van der Waals surface area contributed by atoms with E-state index in [4.69, 9.17) is 11.6 Å². The minimum absolute atomic E-state index is 0.00336. The second-order valence-corrected chi connectivity index (χ2v) is 6.73. The third kappa shape index (κ3) is 2.71. The van der Waals surface area contributed by atoms with Crippen molar-refractivity contribution in [1.82, 2.24) is 9.55 Å². The average molecular weight is 330 g/mol. The Bertz CT molecular complexity index is 771. The van der Waals surface area contributed by atoms with Crippen LogP contribution in [0.5, 0.6) is 5.75 Å². The van der Waals surface area contributed by atoms with Crippen molar-refractivity contribution in [2.75, 3.05) is 10.8 Å². The van der Waals surface area contributed by atoms with Gasteiger partial charge in [0.15, 0.2) is 0 Å². The highest BCUT2D eigenvalue weighted by atomic mass is 35.5. The summed E-state index contributed by atoms with van der Waals surface area (Å²) < 4.78 is 28.1. The summed E-state index contributed by atoms with van der Waals surface area (Å²) in [6, 6.07) is 4.57. The van der Waals surface area contributed by atoms with Crippen LogP contribution in [0.15, 0.2) is 29.6 Å². The number of hydrogen-bond acceptors (Lipinski definition) is 4. The quantitative estimate of drug-likeness (QED) is 0.934. The van der Waals surface area contributed by atoms with Gasteiger partial charge in [-0.25, -0.2) is 4.98 Å². The SMILES string of the molecule is CCN(c1cc(O)ccc1C)S(=O)(=O)c1ncn(C)c1Cl. The summed E-state index contributed by atoms with van der Waals surface area (Å²) in [6.07, 6.45) is 1.35. The van der Waals surface area contributed by atoms with E-state index in [1.165, 1.54) is 27.3 Å². The van der Waals surface area contributed by atoms with E-state index in [1.807, 2.05) is 0 Å². The fraction of sp³-hybridized carbons (Fsp3) is 0.308. The summed E-state index contributed by atoms with van der Waals surface area (Å²) in [5, 5.41) is 9.46. The first kappa shape index (κ1) is 15.7. The molecule has 6 nitrogen and oxygen atoms in total. The largest absolute Gasteiger partial charge is 0.508 e. The van der Waals surface area contributed by atoms with Crippen LogP contribution in [0.3, 0.4) is 0 Å². The van der Waals surface area contributed by atoms with Crippen molar-refractivity contribution in [1.29, 1.82) is 0 Å². The molecule has 1 aromatic carbocycles. The number of sulfonamides is 1. The van der Waals surface area contributed by atoms with Crippen LogP contribution in [-0.4, -0.2) is 29.6 Å². The smallest absolute Gasteiger partial charge is 0.284 e. The molecule has 2 aromatic rings. The van der Waals surface area contributed by atoms with Crippen LogP contribution >= 0.6 is 11.6 Å². The van der Waals surface area contributed by atoms with Crippen LogP contribution in [0.1, 0.15) is 12.5 Å². The third-order valence-corrected chi connectivity index (χ3v) is 5.50. The highest BCUT2D eigenvalue weighted by Gasteiger charge is 2.30. The van der Waals surface area contributed by atoms with E-state index < -0.39 is 10.0 Å². The van der Waals surface area contributed by atoms with Crippen molar-refractivity contribution < 1.29 is 13.5 Å². The summed E-state index contributed by atoms with van der Waals surface area (Å²) in [5.41, 5.74) is 1.13. The minimum Gasteiger partial charge on any atom is -0.508 e. The number of benzene rings is 1. The van der Waals surface area contributed by atoms with Crippen LogP contribution in [0, 0.1) is 6.92 Å². The van der Waals surface area contributed by atoms with Gasteiger partial charge >= 0.3 is 0 Å². The fourth-order valence-corrected chi connectivity index (χ4v) is 3.93. The predicted octanol–water partition coefficient (Wildman–Crippen LogP) is 2.30. The lowest BCUT2D eigenvalue weighted by Gasteiger charge is -2.23. The monoisotopic (exact) mass is 329 g/mol. The summed E-state index contributed by atoms with van der Waals surface area (Å²) in [5.74, 6) is -0.00336. The maximum absolute atomic E-state index is 12.7. The molecule has 0 bridgehead atoms. The molecule has 0 atom stereocenters. The number of aromatic hydroxyl groups is 1. The standard InChI is InChI=1S/C13H16ClN3O3S/c1-4-17(11-7-10(18)6-5-9(11)2)21(19,20)13-12(14)16(3)8-15-13/h5-8,18H,4H2,1-3H3. The zero-order valence-corrected chi connectivity index (χ0v) is 13.5. The molecule has 0 fully saturated rings. The van der Waals surface area contributed by atoms with Crippen LogP contribution in [0.4, 0.5) is 5.69 Å². The van der Waals surface area contributed by atoms with Gasteiger partial charge in [0.05, 0.1) is 12.0 Å². The number of phenolic OH excluding ortho intramolecular Hbond substituents is 1. The first-order valence-electron chi connectivity index (χ1n) is 6.28. The van der Waals surface area contributed by atoms with Gasteiger partial charge in [-0.05, 0) is 25.5 Å². The molecule has 8 heteroatoms. The molecule has 0 radical (unpaired) electrons. The first-order valence-corrected chi connectivity index (χ1v) is 8.10. The summed E-state index contributed by atoms with van der Waals surface area (Å²) in [6.45, 7) is 3.67. The molecule has 21 heavy (non-hydrogen) atoms. The lowest BCUT2D eigenvalue weighted by molar-refractivity contribution is 0.475. The Balaban J connectivity index is 2.60. The zero-order chi connectivity index (χ0) is 15.8. The van der Waals surface area contributed by atoms with Gasteiger partial charge in [0.1, 0.15) is 10.9 Å². The van der Waals surface area contributed by atoms with Crippen molar-refractivity contribution in [3.63, 3.8) is 0 Å². The van der Waals surface area contributed by atoms with Gasteiger partial charge in [0.2, 0.25) is 5.03 Å². The molecular weight excluding hydrogens is 314 g/mol. The van der Waals surface area contributed by atoms with Gasteiger partial charge < -0.3 is 9.67 Å². The van der Waals surface area contributed by atoms with Crippen molar-refractivity contribution in [2.45, 2.75) is 18.9 Å². The van der Waals surface area contributed by atoms with E-state index in [0.717, 1.165) is 5.56 Å². The molecule has 0 aliphatic rings. The summed E-state index contributed by atoms with van der Waals surface area (Å²) in [7, 11) is -2.28. The van der Waals surface area contributed by atoms with Crippen LogP contribution in [0.25, 0.3) is 0 Å². The Morgan fingerprint density at radius 2 is 2.10 bits per heavy atom. The maximum atomic E-state index is 12.7. The van der Waals surface area contributed by atoms with Gasteiger partial charge in [0.25, 0.3) is 10.0 Å². The molecule has 0 aliphatic carbocycles. The van der Waals surface area contributed by atoms with Gasteiger partial charge in [-0.3, -0.25) is 4.31 Å². The molecule has 0 amide bonds. The second kappa shape index (κ2) is 5.57. The van der Waals surface area contributed by atoms with E-state index in [0.29, 0.717) is 5.69 Å². The molecule has 0 saturated heterocycles. The number of halogens is 1. The number of anilines is 1. The molecule has 1 N–H and O–H groups in total. The van der Waals surface area contributed by atoms with E-state index >= 15 is 0 Å². The average Bonchev–Trinajstić information content (AvgIpc) is 2.75. The molecule has 2 rings (SSSR count). The number of aromatic nitrogens is 2. The number of rotatable bonds is 4. The van der Waals surface area contributed by atoms with E-state index in [1.54, 1.807) is 27.0 Å². The Hall–Kier alpha value is -1.73. The molecule has 1 aromatic heterocycles. The number of hydrogen-bond donors (Lipinski definition) is 1. The van der Waals surface area contributed by atoms with Gasteiger partial charge in [-0.2, -0.15) is 8.42 Å². The summed E-state index contributed by atoms with van der Waals surface area (Å²) >= 11 is 6.00.